The Hall–Kier alpha value is -8.77. The maximum atomic E-state index is 5.32. The Morgan fingerprint density at radius 3 is 1.39 bits per heavy atom. The zero-order valence-electron chi connectivity index (χ0n) is 39.0. The normalized spacial score (nSPS) is 11.6. The second-order valence-corrected chi connectivity index (χ2v) is 21.9. The summed E-state index contributed by atoms with van der Waals surface area (Å²) in [6, 6.07) is 92.3. The molecule has 0 saturated carbocycles. The zero-order chi connectivity index (χ0) is 47.0. The molecular weight excluding hydrogens is 865 g/mol. The van der Waals surface area contributed by atoms with Crippen LogP contribution < -0.4 is 20.7 Å². The second-order valence-electron chi connectivity index (χ2n) is 18.1. The molecule has 12 rings (SSSR count). The van der Waals surface area contributed by atoms with E-state index in [0.29, 0.717) is 17.5 Å². The monoisotopic (exact) mass is 912 g/mol. The molecule has 332 valence electrons. The molecule has 2 heterocycles. The van der Waals surface area contributed by atoms with E-state index < -0.39 is 8.07 Å². The van der Waals surface area contributed by atoms with Crippen LogP contribution in [0.3, 0.4) is 0 Å². The molecule has 0 unspecified atom stereocenters. The Balaban J connectivity index is 1.13. The van der Waals surface area contributed by atoms with Gasteiger partial charge in [0.15, 0.2) is 25.5 Å². The standard InChI is InChI=1S/C65H48N4Si/c1-45-35-38-56(46(2)41-45)51-37-40-61-59(43-51)57-33-18-19-34-60(57)69(61)62-44-50(36-39-58(62)65-67-63(47-21-8-3-9-22-47)66-64(68-65)48-23-10-4-11-24-48)49-25-20-32-55(42-49)70(52-26-12-5-13-27-52,53-28-14-6-15-29-53)54-30-16-7-17-31-54/h3-44H,1-2H3. The van der Waals surface area contributed by atoms with Gasteiger partial charge in [0, 0.05) is 27.5 Å². The number of fused-ring (bicyclic) bond motifs is 3. The van der Waals surface area contributed by atoms with Crippen molar-refractivity contribution in [1.29, 1.82) is 0 Å². The van der Waals surface area contributed by atoms with E-state index >= 15 is 0 Å². The number of hydrogen-bond donors (Lipinski definition) is 0. The van der Waals surface area contributed by atoms with Gasteiger partial charge in [-0.15, -0.1) is 0 Å². The molecule has 0 spiro atoms. The summed E-state index contributed by atoms with van der Waals surface area (Å²) >= 11 is 0. The third-order valence-corrected chi connectivity index (χ3v) is 18.6. The molecule has 0 saturated heterocycles. The van der Waals surface area contributed by atoms with Gasteiger partial charge in [-0.2, -0.15) is 0 Å². The Kier molecular flexibility index (Phi) is 11.0. The number of nitrogens with zero attached hydrogens (tertiary/aromatic N) is 4. The van der Waals surface area contributed by atoms with Gasteiger partial charge >= 0.3 is 0 Å². The number of aromatic nitrogens is 4. The van der Waals surface area contributed by atoms with Gasteiger partial charge in [0.2, 0.25) is 0 Å². The predicted octanol–water partition coefficient (Wildman–Crippen LogP) is 13.3. The first-order valence-corrected chi connectivity index (χ1v) is 25.9. The van der Waals surface area contributed by atoms with Crippen LogP contribution in [0.5, 0.6) is 0 Å². The molecule has 0 atom stereocenters. The minimum absolute atomic E-state index is 0.601. The molecule has 12 aromatic rings. The Labute approximate surface area is 409 Å². The fourth-order valence-electron chi connectivity index (χ4n) is 10.5. The van der Waals surface area contributed by atoms with Crippen molar-refractivity contribution in [3.05, 3.63) is 266 Å². The van der Waals surface area contributed by atoms with E-state index in [2.05, 4.69) is 237 Å². The Morgan fingerprint density at radius 2 is 0.786 bits per heavy atom. The molecule has 0 radical (unpaired) electrons. The molecule has 10 aromatic carbocycles. The maximum absolute atomic E-state index is 5.32. The SMILES string of the molecule is Cc1ccc(-c2ccc3c(c2)c2ccccc2n3-c2cc(-c3cccc([Si](c4ccccc4)(c4ccccc4)c4ccccc4)c3)ccc2-c2nc(-c3ccccc3)nc(-c3ccccc3)n2)c(C)c1. The number of aryl methyl sites for hydroxylation is 2. The third-order valence-electron chi connectivity index (χ3n) is 13.8. The van der Waals surface area contributed by atoms with Crippen molar-refractivity contribution >= 4 is 50.6 Å². The third kappa shape index (κ3) is 7.54. The molecule has 0 aliphatic rings. The smallest absolute Gasteiger partial charge is 0.179 e. The average Bonchev–Trinajstić information content (AvgIpc) is 3.76. The van der Waals surface area contributed by atoms with Crippen LogP contribution in [-0.2, 0) is 0 Å². The van der Waals surface area contributed by atoms with Crippen molar-refractivity contribution in [2.75, 3.05) is 0 Å². The minimum Gasteiger partial charge on any atom is -0.308 e. The molecule has 0 fully saturated rings. The molecule has 0 amide bonds. The van der Waals surface area contributed by atoms with Gasteiger partial charge in [-0.1, -0.05) is 230 Å². The summed E-state index contributed by atoms with van der Waals surface area (Å²) in [6.07, 6.45) is 0. The van der Waals surface area contributed by atoms with Crippen molar-refractivity contribution in [1.82, 2.24) is 19.5 Å². The van der Waals surface area contributed by atoms with E-state index in [-0.39, 0.29) is 0 Å². The number of rotatable bonds is 10. The summed E-state index contributed by atoms with van der Waals surface area (Å²) in [5, 5.41) is 7.68. The van der Waals surface area contributed by atoms with Crippen LogP contribution in [0.1, 0.15) is 11.1 Å². The van der Waals surface area contributed by atoms with Gasteiger partial charge < -0.3 is 4.57 Å². The molecule has 2 aromatic heterocycles. The quantitative estimate of drug-likeness (QED) is 0.101. The highest BCUT2D eigenvalue weighted by molar-refractivity contribution is 7.19. The Morgan fingerprint density at radius 1 is 0.314 bits per heavy atom. The fraction of sp³-hybridized carbons (Fsp3) is 0.0308. The largest absolute Gasteiger partial charge is 0.308 e. The van der Waals surface area contributed by atoms with Crippen molar-refractivity contribution in [3.8, 4) is 62.1 Å². The first-order valence-electron chi connectivity index (χ1n) is 23.9. The number of para-hydroxylation sites is 1. The van der Waals surface area contributed by atoms with Crippen LogP contribution >= 0.6 is 0 Å². The van der Waals surface area contributed by atoms with Crippen LogP contribution in [-0.4, -0.2) is 27.6 Å². The first-order chi connectivity index (χ1) is 34.5. The highest BCUT2D eigenvalue weighted by Crippen LogP contribution is 2.40. The number of hydrogen-bond acceptors (Lipinski definition) is 3. The fourth-order valence-corrected chi connectivity index (χ4v) is 15.3. The van der Waals surface area contributed by atoms with Crippen molar-refractivity contribution in [3.63, 3.8) is 0 Å². The highest BCUT2D eigenvalue weighted by Gasteiger charge is 2.41. The van der Waals surface area contributed by atoms with E-state index in [1.807, 2.05) is 36.4 Å². The molecule has 0 bridgehead atoms. The van der Waals surface area contributed by atoms with E-state index in [1.54, 1.807) is 0 Å². The van der Waals surface area contributed by atoms with E-state index in [0.717, 1.165) is 44.5 Å². The molecule has 70 heavy (non-hydrogen) atoms. The van der Waals surface area contributed by atoms with E-state index in [1.165, 1.54) is 53.8 Å². The summed E-state index contributed by atoms with van der Waals surface area (Å²) < 4.78 is 2.42. The summed E-state index contributed by atoms with van der Waals surface area (Å²) in [6.45, 7) is 4.36. The van der Waals surface area contributed by atoms with Gasteiger partial charge in [0.25, 0.3) is 0 Å². The van der Waals surface area contributed by atoms with Gasteiger partial charge in [0.1, 0.15) is 0 Å². The maximum Gasteiger partial charge on any atom is 0.179 e. The molecule has 5 heteroatoms. The molecular formula is C65H48N4Si. The first kappa shape index (κ1) is 42.6. The van der Waals surface area contributed by atoms with Crippen molar-refractivity contribution < 1.29 is 0 Å². The van der Waals surface area contributed by atoms with E-state index in [9.17, 15) is 0 Å². The predicted molar refractivity (Wildman–Crippen MR) is 294 cm³/mol. The van der Waals surface area contributed by atoms with Crippen LogP contribution in [0.25, 0.3) is 83.9 Å². The summed E-state index contributed by atoms with van der Waals surface area (Å²) in [7, 11) is -2.82. The topological polar surface area (TPSA) is 43.6 Å². The average molecular weight is 913 g/mol. The lowest BCUT2D eigenvalue weighted by Crippen LogP contribution is -2.74. The van der Waals surface area contributed by atoms with Crippen LogP contribution in [0.15, 0.2) is 255 Å². The second kappa shape index (κ2) is 18.0. The van der Waals surface area contributed by atoms with Crippen LogP contribution in [0.2, 0.25) is 0 Å². The molecule has 0 N–H and O–H groups in total. The molecule has 0 aliphatic heterocycles. The van der Waals surface area contributed by atoms with E-state index in [4.69, 9.17) is 15.0 Å². The summed E-state index contributed by atoms with van der Waals surface area (Å²) in [5.41, 5.74) is 13.1. The van der Waals surface area contributed by atoms with Crippen LogP contribution in [0, 0.1) is 13.8 Å². The zero-order valence-corrected chi connectivity index (χ0v) is 40.0. The Bertz CT molecular complexity index is 3680. The molecule has 4 nitrogen and oxygen atoms in total. The lowest BCUT2D eigenvalue weighted by Gasteiger charge is -2.34. The van der Waals surface area contributed by atoms with Gasteiger partial charge in [0.05, 0.1) is 16.7 Å². The van der Waals surface area contributed by atoms with Crippen LogP contribution in [0.4, 0.5) is 0 Å². The number of benzene rings is 10. The lowest BCUT2D eigenvalue weighted by molar-refractivity contribution is 1.06. The molecule has 0 aliphatic carbocycles. The van der Waals surface area contributed by atoms with Gasteiger partial charge in [-0.05, 0) is 92.7 Å². The van der Waals surface area contributed by atoms with Gasteiger partial charge in [-0.3, -0.25) is 0 Å². The minimum atomic E-state index is -2.82. The lowest BCUT2D eigenvalue weighted by atomic mass is 9.97. The highest BCUT2D eigenvalue weighted by atomic mass is 28.3. The van der Waals surface area contributed by atoms with Gasteiger partial charge in [-0.25, -0.2) is 15.0 Å². The van der Waals surface area contributed by atoms with Crippen molar-refractivity contribution in [2.24, 2.45) is 0 Å². The summed E-state index contributed by atoms with van der Waals surface area (Å²) in [4.78, 5) is 15.7. The van der Waals surface area contributed by atoms with Crippen molar-refractivity contribution in [2.45, 2.75) is 13.8 Å². The summed E-state index contributed by atoms with van der Waals surface area (Å²) in [5.74, 6) is 1.84.